The molecule has 4 atom stereocenters. The lowest BCUT2D eigenvalue weighted by Gasteiger charge is -2.34. The fourth-order valence-electron chi connectivity index (χ4n) is 3.59. The Morgan fingerprint density at radius 1 is 1.11 bits per heavy atom. The number of hydrogen-bond acceptors (Lipinski definition) is 3. The van der Waals surface area contributed by atoms with Crippen molar-refractivity contribution >= 4 is 0 Å². The monoisotopic (exact) mass is 391 g/mol. The van der Waals surface area contributed by atoms with Crippen molar-refractivity contribution < 1.29 is 22.6 Å². The third kappa shape index (κ3) is 9.65. The lowest BCUT2D eigenvalue weighted by atomic mass is 9.88. The van der Waals surface area contributed by atoms with Crippen LogP contribution in [0.1, 0.15) is 53.4 Å². The molecule has 1 aliphatic heterocycles. The second-order valence-corrected chi connectivity index (χ2v) is 7.30. The number of ether oxygens (including phenoxy) is 2. The van der Waals surface area contributed by atoms with E-state index >= 15 is 0 Å². The Hall–Kier alpha value is -1.01. The van der Waals surface area contributed by atoms with Crippen LogP contribution < -0.4 is 0 Å². The lowest BCUT2D eigenvalue weighted by molar-refractivity contribution is -0.192. The van der Waals surface area contributed by atoms with Gasteiger partial charge in [0.2, 0.25) is 0 Å². The molecular weight excluding hydrogens is 355 g/mol. The minimum absolute atomic E-state index is 0.221. The van der Waals surface area contributed by atoms with E-state index in [9.17, 15) is 13.2 Å². The van der Waals surface area contributed by atoms with Gasteiger partial charge in [-0.25, -0.2) is 4.39 Å². The molecule has 0 amide bonds. The average Bonchev–Trinajstić information content (AvgIpc) is 3.11. The van der Waals surface area contributed by atoms with E-state index in [1.807, 2.05) is 26.8 Å². The summed E-state index contributed by atoms with van der Waals surface area (Å²) in [6.07, 6.45) is 6.94. The molecule has 0 N–H and O–H groups in total. The molecule has 0 aromatic rings. The number of rotatable bonds is 13. The molecule has 1 aliphatic rings. The van der Waals surface area contributed by atoms with E-state index in [1.165, 1.54) is 13.0 Å². The van der Waals surface area contributed by atoms with Crippen molar-refractivity contribution in [2.75, 3.05) is 26.2 Å². The quantitative estimate of drug-likeness (QED) is 0.302. The summed E-state index contributed by atoms with van der Waals surface area (Å²) in [5.41, 5.74) is 0. The molecule has 1 fully saturated rings. The molecule has 158 valence electrons. The summed E-state index contributed by atoms with van der Waals surface area (Å²) in [7, 11) is 0. The predicted octanol–water partition coefficient (Wildman–Crippen LogP) is 5.58. The highest BCUT2D eigenvalue weighted by Gasteiger charge is 2.33. The molecule has 3 nitrogen and oxygen atoms in total. The number of halogens is 3. The average molecular weight is 392 g/mol. The number of alkyl halides is 3. The van der Waals surface area contributed by atoms with Crippen molar-refractivity contribution in [2.24, 2.45) is 11.8 Å². The van der Waals surface area contributed by atoms with E-state index in [0.717, 1.165) is 38.1 Å². The summed E-state index contributed by atoms with van der Waals surface area (Å²) < 4.78 is 50.6. The molecule has 0 aromatic heterocycles. The molecule has 0 aromatic carbocycles. The van der Waals surface area contributed by atoms with Crippen LogP contribution in [-0.2, 0) is 9.47 Å². The Bertz CT molecular complexity index is 449. The lowest BCUT2D eigenvalue weighted by Crippen LogP contribution is -2.42. The summed E-state index contributed by atoms with van der Waals surface area (Å²) in [5, 5.41) is 0. The first kappa shape index (κ1) is 24.0. The normalized spacial score (nSPS) is 21.0. The van der Waals surface area contributed by atoms with Crippen molar-refractivity contribution in [2.45, 2.75) is 72.3 Å². The van der Waals surface area contributed by atoms with Crippen LogP contribution in [-0.4, -0.2) is 50.0 Å². The van der Waals surface area contributed by atoms with Gasteiger partial charge in [-0.15, -0.1) is 0 Å². The number of allylic oxidation sites excluding steroid dienone is 3. The van der Waals surface area contributed by atoms with E-state index in [-0.39, 0.29) is 11.8 Å². The van der Waals surface area contributed by atoms with Crippen molar-refractivity contribution in [3.8, 4) is 0 Å². The van der Waals surface area contributed by atoms with Gasteiger partial charge >= 0.3 is 6.61 Å². The summed E-state index contributed by atoms with van der Waals surface area (Å²) >= 11 is 0. The van der Waals surface area contributed by atoms with Crippen LogP contribution in [0.4, 0.5) is 13.2 Å². The van der Waals surface area contributed by atoms with Gasteiger partial charge in [0.25, 0.3) is 0 Å². The van der Waals surface area contributed by atoms with Gasteiger partial charge in [0.1, 0.15) is 6.17 Å². The van der Waals surface area contributed by atoms with Crippen LogP contribution in [0.2, 0.25) is 0 Å². The summed E-state index contributed by atoms with van der Waals surface area (Å²) in [5.74, 6) is 0.284. The van der Waals surface area contributed by atoms with Crippen LogP contribution in [0.15, 0.2) is 24.0 Å². The highest BCUT2D eigenvalue weighted by atomic mass is 19.3. The largest absolute Gasteiger partial charge is 0.498 e. The molecule has 1 heterocycles. The van der Waals surface area contributed by atoms with E-state index in [0.29, 0.717) is 19.6 Å². The first-order chi connectivity index (χ1) is 12.9. The van der Waals surface area contributed by atoms with Crippen LogP contribution in [0.3, 0.4) is 0 Å². The molecule has 1 saturated heterocycles. The Labute approximate surface area is 162 Å². The van der Waals surface area contributed by atoms with Gasteiger partial charge in [0.15, 0.2) is 0 Å². The molecule has 3 unspecified atom stereocenters. The van der Waals surface area contributed by atoms with Crippen LogP contribution in [0.25, 0.3) is 0 Å². The zero-order valence-corrected chi connectivity index (χ0v) is 17.2. The standard InChI is InChI=1S/C21H36F3NO2/c1-5-9-17(4)26-15-19(14-25-12-7-8-13-25)20(27-21(23)24)18(6-2)11-10-16(3)22/h9-11,16,18-21H,5-8,12-15H2,1-4H3/b11-10-,17-9+/t16-,18?,19?,20?/m0/s1. The first-order valence-electron chi connectivity index (χ1n) is 10.1. The maximum Gasteiger partial charge on any atom is 0.345 e. The number of nitrogens with zero attached hydrogens (tertiary/aromatic N) is 1. The third-order valence-electron chi connectivity index (χ3n) is 4.95. The molecule has 0 radical (unpaired) electrons. The first-order valence-corrected chi connectivity index (χ1v) is 10.1. The Morgan fingerprint density at radius 2 is 1.78 bits per heavy atom. The molecule has 0 aliphatic carbocycles. The van der Waals surface area contributed by atoms with E-state index < -0.39 is 18.9 Å². The number of hydrogen-bond donors (Lipinski definition) is 0. The van der Waals surface area contributed by atoms with Gasteiger partial charge in [-0.1, -0.05) is 26.0 Å². The fourth-order valence-corrected chi connectivity index (χ4v) is 3.59. The summed E-state index contributed by atoms with van der Waals surface area (Å²) in [6, 6.07) is 0. The Kier molecular flexibility index (Phi) is 11.8. The van der Waals surface area contributed by atoms with Crippen molar-refractivity contribution in [1.82, 2.24) is 4.90 Å². The molecule has 0 saturated carbocycles. The highest BCUT2D eigenvalue weighted by molar-refractivity contribution is 4.98. The summed E-state index contributed by atoms with van der Waals surface area (Å²) in [6.45, 7) is 7.26. The maximum atomic E-state index is 13.3. The van der Waals surface area contributed by atoms with Gasteiger partial charge in [0.05, 0.1) is 18.5 Å². The van der Waals surface area contributed by atoms with Crippen molar-refractivity contribution in [3.63, 3.8) is 0 Å². The fraction of sp³-hybridized carbons (Fsp3) is 0.810. The van der Waals surface area contributed by atoms with Gasteiger partial charge in [-0.3, -0.25) is 0 Å². The second-order valence-electron chi connectivity index (χ2n) is 7.30. The zero-order valence-electron chi connectivity index (χ0n) is 17.2. The van der Waals surface area contributed by atoms with Gasteiger partial charge in [-0.05, 0) is 58.7 Å². The second kappa shape index (κ2) is 13.2. The zero-order chi connectivity index (χ0) is 20.2. The molecule has 1 rings (SSSR count). The van der Waals surface area contributed by atoms with E-state index in [1.54, 1.807) is 6.08 Å². The summed E-state index contributed by atoms with van der Waals surface area (Å²) in [4.78, 5) is 2.28. The van der Waals surface area contributed by atoms with Crippen molar-refractivity contribution in [3.05, 3.63) is 24.0 Å². The number of likely N-dealkylation sites (tertiary alicyclic amines) is 1. The van der Waals surface area contributed by atoms with E-state index in [4.69, 9.17) is 9.47 Å². The van der Waals surface area contributed by atoms with Crippen LogP contribution in [0.5, 0.6) is 0 Å². The highest BCUT2D eigenvalue weighted by Crippen LogP contribution is 2.27. The molecule has 0 bridgehead atoms. The van der Waals surface area contributed by atoms with Gasteiger partial charge in [-0.2, -0.15) is 8.78 Å². The Morgan fingerprint density at radius 3 is 2.30 bits per heavy atom. The SMILES string of the molecule is CC/C=C(\C)OCC(CN1CCCC1)C(OC(F)F)C(/C=C\[C@H](C)F)CC. The van der Waals surface area contributed by atoms with Gasteiger partial charge < -0.3 is 14.4 Å². The maximum absolute atomic E-state index is 13.3. The predicted molar refractivity (Wildman–Crippen MR) is 104 cm³/mol. The molecule has 6 heteroatoms. The molecule has 27 heavy (non-hydrogen) atoms. The smallest absolute Gasteiger partial charge is 0.345 e. The van der Waals surface area contributed by atoms with Gasteiger partial charge in [0, 0.05) is 18.4 Å². The van der Waals surface area contributed by atoms with Crippen LogP contribution >= 0.6 is 0 Å². The van der Waals surface area contributed by atoms with Crippen molar-refractivity contribution in [1.29, 1.82) is 0 Å². The minimum atomic E-state index is -2.87. The van der Waals surface area contributed by atoms with Crippen LogP contribution in [0, 0.1) is 11.8 Å². The molecular formula is C21H36F3NO2. The third-order valence-corrected chi connectivity index (χ3v) is 4.95. The molecule has 0 spiro atoms. The topological polar surface area (TPSA) is 21.7 Å². The van der Waals surface area contributed by atoms with E-state index in [2.05, 4.69) is 4.90 Å². The Balaban J connectivity index is 2.99. The minimum Gasteiger partial charge on any atom is -0.498 e.